The number of aromatic nitrogens is 2. The first-order valence-electron chi connectivity index (χ1n) is 10.1. The van der Waals surface area contributed by atoms with E-state index in [-0.39, 0.29) is 36.0 Å². The fourth-order valence-electron chi connectivity index (χ4n) is 3.55. The molecule has 0 radical (unpaired) electrons. The highest BCUT2D eigenvalue weighted by atomic mass is 127. The molecule has 1 aromatic rings. The Kier molecular flexibility index (Phi) is 9.49. The summed E-state index contributed by atoms with van der Waals surface area (Å²) >= 11 is 0. The van der Waals surface area contributed by atoms with Crippen molar-refractivity contribution in [3.8, 4) is 0 Å². The van der Waals surface area contributed by atoms with E-state index < -0.39 is 0 Å². The van der Waals surface area contributed by atoms with E-state index >= 15 is 0 Å². The number of carbonyl (C=O) groups excluding carboxylic acids is 1. The molecular weight excluding hydrogens is 471 g/mol. The Hall–Kier alpha value is -1.36. The summed E-state index contributed by atoms with van der Waals surface area (Å²) in [4.78, 5) is 21.4. The summed E-state index contributed by atoms with van der Waals surface area (Å²) in [5.41, 5.74) is 1.18. The summed E-state index contributed by atoms with van der Waals surface area (Å²) in [6.45, 7) is 10.4. The van der Waals surface area contributed by atoms with Crippen LogP contribution in [0.4, 0.5) is 0 Å². The Morgan fingerprint density at radius 1 is 1.32 bits per heavy atom. The number of halogens is 1. The van der Waals surface area contributed by atoms with E-state index in [1.54, 1.807) is 0 Å². The maximum Gasteiger partial charge on any atom is 0.251 e. The summed E-state index contributed by atoms with van der Waals surface area (Å²) < 4.78 is 7.50. The van der Waals surface area contributed by atoms with E-state index in [2.05, 4.69) is 28.4 Å². The van der Waals surface area contributed by atoms with Crippen LogP contribution in [0.5, 0.6) is 0 Å². The second-order valence-electron chi connectivity index (χ2n) is 7.18. The Balaban J connectivity index is 0.00000280. The van der Waals surface area contributed by atoms with E-state index in [1.165, 1.54) is 5.56 Å². The Morgan fingerprint density at radius 2 is 2.07 bits per heavy atom. The number of amides is 1. The van der Waals surface area contributed by atoms with E-state index in [0.29, 0.717) is 6.61 Å². The zero-order valence-electron chi connectivity index (χ0n) is 17.0. The highest BCUT2D eigenvalue weighted by Crippen LogP contribution is 2.16. The van der Waals surface area contributed by atoms with Crippen molar-refractivity contribution in [1.82, 2.24) is 24.9 Å². The van der Waals surface area contributed by atoms with Crippen LogP contribution in [-0.2, 0) is 16.1 Å². The molecule has 1 atom stereocenters. The van der Waals surface area contributed by atoms with Gasteiger partial charge in [0.25, 0.3) is 5.91 Å². The van der Waals surface area contributed by atoms with Crippen LogP contribution in [0.1, 0.15) is 31.7 Å². The number of hydrogen-bond acceptors (Lipinski definition) is 4. The van der Waals surface area contributed by atoms with Gasteiger partial charge in [0, 0.05) is 58.6 Å². The molecule has 9 heteroatoms. The maximum atomic E-state index is 12.5. The molecule has 1 aromatic heterocycles. The van der Waals surface area contributed by atoms with Crippen LogP contribution >= 0.6 is 24.0 Å². The molecule has 3 rings (SSSR count). The van der Waals surface area contributed by atoms with E-state index in [1.807, 2.05) is 22.7 Å². The third kappa shape index (κ3) is 6.33. The lowest BCUT2D eigenvalue weighted by Gasteiger charge is -2.37. The van der Waals surface area contributed by atoms with Crippen LogP contribution in [0.25, 0.3) is 0 Å². The van der Waals surface area contributed by atoms with Crippen molar-refractivity contribution < 1.29 is 9.53 Å². The lowest BCUT2D eigenvalue weighted by Crippen LogP contribution is -2.55. The number of rotatable bonds is 6. The molecule has 2 saturated heterocycles. The second-order valence-corrected chi connectivity index (χ2v) is 7.18. The van der Waals surface area contributed by atoms with Gasteiger partial charge in [0.2, 0.25) is 0 Å². The van der Waals surface area contributed by atoms with Gasteiger partial charge in [-0.15, -0.1) is 24.0 Å². The van der Waals surface area contributed by atoms with Crippen molar-refractivity contribution >= 4 is 35.8 Å². The minimum atomic E-state index is -0.218. The molecule has 2 aliphatic rings. The number of aliphatic imine (C=N–C) groups is 1. The highest BCUT2D eigenvalue weighted by molar-refractivity contribution is 14.0. The van der Waals surface area contributed by atoms with Gasteiger partial charge < -0.3 is 19.9 Å². The predicted molar refractivity (Wildman–Crippen MR) is 120 cm³/mol. The number of guanidine groups is 1. The van der Waals surface area contributed by atoms with Crippen LogP contribution in [-0.4, -0.2) is 83.4 Å². The summed E-state index contributed by atoms with van der Waals surface area (Å²) in [5, 5.41) is 7.69. The van der Waals surface area contributed by atoms with Crippen molar-refractivity contribution in [2.75, 3.05) is 45.9 Å². The smallest absolute Gasteiger partial charge is 0.251 e. The Bertz CT molecular complexity index is 636. The van der Waals surface area contributed by atoms with Gasteiger partial charge in [0.15, 0.2) is 5.96 Å². The van der Waals surface area contributed by atoms with Crippen LogP contribution in [0.15, 0.2) is 17.4 Å². The van der Waals surface area contributed by atoms with Gasteiger partial charge in [-0.1, -0.05) is 0 Å². The summed E-state index contributed by atoms with van der Waals surface area (Å²) in [6, 6.07) is 0. The van der Waals surface area contributed by atoms with Crippen LogP contribution in [0, 0.1) is 6.92 Å². The lowest BCUT2D eigenvalue weighted by atomic mass is 10.2. The van der Waals surface area contributed by atoms with Crippen molar-refractivity contribution in [3.05, 3.63) is 18.0 Å². The van der Waals surface area contributed by atoms with E-state index in [9.17, 15) is 4.79 Å². The van der Waals surface area contributed by atoms with Crippen LogP contribution in [0.2, 0.25) is 0 Å². The molecule has 0 bridgehead atoms. The first-order chi connectivity index (χ1) is 13.2. The lowest BCUT2D eigenvalue weighted by molar-refractivity contribution is -0.142. The van der Waals surface area contributed by atoms with Gasteiger partial charge in [-0.3, -0.25) is 14.5 Å². The molecule has 2 fully saturated rings. The molecule has 1 N–H and O–H groups in total. The number of piperazine rings is 1. The summed E-state index contributed by atoms with van der Waals surface area (Å²) in [5.74, 6) is 1.10. The number of aryl methyl sites for hydroxylation is 2. The first kappa shape index (κ1) is 22.9. The molecule has 1 amide bonds. The van der Waals surface area contributed by atoms with Gasteiger partial charge in [-0.25, -0.2) is 0 Å². The molecule has 2 aliphatic heterocycles. The molecule has 0 spiro atoms. The molecule has 28 heavy (non-hydrogen) atoms. The average molecular weight is 504 g/mol. The van der Waals surface area contributed by atoms with E-state index in [0.717, 1.165) is 71.0 Å². The molecule has 3 heterocycles. The zero-order valence-corrected chi connectivity index (χ0v) is 19.3. The fourth-order valence-corrected chi connectivity index (χ4v) is 3.55. The van der Waals surface area contributed by atoms with Gasteiger partial charge in [0.1, 0.15) is 6.10 Å². The predicted octanol–water partition coefficient (Wildman–Crippen LogP) is 1.49. The summed E-state index contributed by atoms with van der Waals surface area (Å²) in [7, 11) is 0. The van der Waals surface area contributed by atoms with E-state index in [4.69, 9.17) is 9.73 Å². The molecule has 0 saturated carbocycles. The molecule has 0 aromatic carbocycles. The monoisotopic (exact) mass is 504 g/mol. The Labute approximate surface area is 184 Å². The van der Waals surface area contributed by atoms with Gasteiger partial charge in [-0.05, 0) is 38.7 Å². The molecular formula is C19H33IN6O2. The van der Waals surface area contributed by atoms with Crippen molar-refractivity contribution in [3.63, 3.8) is 0 Å². The number of ether oxygens (including phenoxy) is 1. The number of nitrogens with one attached hydrogen (secondary N) is 1. The topological polar surface area (TPSA) is 75.0 Å². The number of nitrogens with zero attached hydrogens (tertiary/aromatic N) is 5. The standard InChI is InChI=1S/C19H32N6O2.HI/c1-3-20-19(21-7-5-8-25-15-16(2)14-22-25)24-11-9-23(10-12-24)18(26)17-6-4-13-27-17;/h14-15,17H,3-13H2,1-2H3,(H,20,21);1H. The van der Waals surface area contributed by atoms with Gasteiger partial charge in [-0.2, -0.15) is 5.10 Å². The number of hydrogen-bond donors (Lipinski definition) is 1. The quantitative estimate of drug-likeness (QED) is 0.275. The third-order valence-corrected chi connectivity index (χ3v) is 5.00. The molecule has 158 valence electrons. The largest absolute Gasteiger partial charge is 0.368 e. The fraction of sp³-hybridized carbons (Fsp3) is 0.737. The normalized spacial score (nSPS) is 20.2. The zero-order chi connectivity index (χ0) is 19.1. The van der Waals surface area contributed by atoms with Gasteiger partial charge >= 0.3 is 0 Å². The highest BCUT2D eigenvalue weighted by Gasteiger charge is 2.30. The van der Waals surface area contributed by atoms with Crippen molar-refractivity contribution in [1.29, 1.82) is 0 Å². The van der Waals surface area contributed by atoms with Crippen LogP contribution in [0.3, 0.4) is 0 Å². The molecule has 1 unspecified atom stereocenters. The maximum absolute atomic E-state index is 12.5. The van der Waals surface area contributed by atoms with Crippen molar-refractivity contribution in [2.45, 2.75) is 45.8 Å². The minimum absolute atomic E-state index is 0. The second kappa shape index (κ2) is 11.6. The summed E-state index contributed by atoms with van der Waals surface area (Å²) in [6.07, 6.45) is 6.52. The average Bonchev–Trinajstić information content (AvgIpc) is 3.36. The van der Waals surface area contributed by atoms with Gasteiger partial charge in [0.05, 0.1) is 6.20 Å². The first-order valence-corrected chi connectivity index (χ1v) is 10.1. The minimum Gasteiger partial charge on any atom is -0.368 e. The molecule has 0 aliphatic carbocycles. The SMILES string of the molecule is CCNC(=NCCCn1cc(C)cn1)N1CCN(C(=O)C2CCCO2)CC1.I. The third-order valence-electron chi connectivity index (χ3n) is 5.00. The van der Waals surface area contributed by atoms with Crippen molar-refractivity contribution in [2.24, 2.45) is 4.99 Å². The number of carbonyl (C=O) groups is 1. The molecule has 8 nitrogen and oxygen atoms in total. The Morgan fingerprint density at radius 3 is 2.68 bits per heavy atom. The van der Waals surface area contributed by atoms with Crippen LogP contribution < -0.4 is 5.32 Å².